The second-order valence-corrected chi connectivity index (χ2v) is 6.26. The van der Waals surface area contributed by atoms with Gasteiger partial charge in [0, 0.05) is 5.56 Å². The van der Waals surface area contributed by atoms with E-state index in [0.717, 1.165) is 0 Å². The highest BCUT2D eigenvalue weighted by atomic mass is 35.5. The molecular weight excluding hydrogens is 390 g/mol. The van der Waals surface area contributed by atoms with Crippen molar-refractivity contribution in [1.82, 2.24) is 20.3 Å². The highest BCUT2D eigenvalue weighted by Gasteiger charge is 2.21. The van der Waals surface area contributed by atoms with Crippen LogP contribution < -0.4 is 10.1 Å². The van der Waals surface area contributed by atoms with Crippen molar-refractivity contribution in [3.8, 4) is 11.4 Å². The monoisotopic (exact) mass is 406 g/mol. The Balaban J connectivity index is 1.80. The molecule has 0 aliphatic heterocycles. The number of hydrogen-bond donors (Lipinski definition) is 1. The summed E-state index contributed by atoms with van der Waals surface area (Å²) in [5.41, 5.74) is 1.11. The van der Waals surface area contributed by atoms with Crippen LogP contribution >= 0.6 is 11.6 Å². The summed E-state index contributed by atoms with van der Waals surface area (Å²) in [4.78, 5) is 12.6. The predicted octanol–water partition coefficient (Wildman–Crippen LogP) is 4.40. The molecule has 3 aromatic rings. The number of halogens is 3. The summed E-state index contributed by atoms with van der Waals surface area (Å²) < 4.78 is 31.3. The third-order valence-corrected chi connectivity index (χ3v) is 4.37. The first kappa shape index (κ1) is 19.8. The number of carbonyl (C=O) groups excluding carboxylic acids is 1. The van der Waals surface area contributed by atoms with Gasteiger partial charge in [0.15, 0.2) is 5.69 Å². The normalized spacial score (nSPS) is 12.0. The third-order valence-electron chi connectivity index (χ3n) is 4.05. The van der Waals surface area contributed by atoms with Gasteiger partial charge in [-0.2, -0.15) is 8.78 Å². The molecule has 0 spiro atoms. The molecule has 0 radical (unpaired) electrons. The van der Waals surface area contributed by atoms with E-state index in [1.54, 1.807) is 42.5 Å². The van der Waals surface area contributed by atoms with E-state index in [0.29, 0.717) is 22.7 Å². The van der Waals surface area contributed by atoms with E-state index in [4.69, 9.17) is 11.6 Å². The Labute approximate surface area is 165 Å². The Bertz CT molecular complexity index is 964. The van der Waals surface area contributed by atoms with Crippen molar-refractivity contribution in [3.63, 3.8) is 0 Å². The van der Waals surface area contributed by atoms with Gasteiger partial charge in [0.2, 0.25) is 0 Å². The van der Waals surface area contributed by atoms with E-state index < -0.39 is 18.6 Å². The molecule has 1 unspecified atom stereocenters. The average Bonchev–Trinajstić information content (AvgIpc) is 3.16. The van der Waals surface area contributed by atoms with Crippen LogP contribution in [-0.4, -0.2) is 27.5 Å². The van der Waals surface area contributed by atoms with Crippen molar-refractivity contribution in [1.29, 1.82) is 0 Å². The van der Waals surface area contributed by atoms with E-state index in [-0.39, 0.29) is 11.4 Å². The van der Waals surface area contributed by atoms with E-state index in [1.807, 2.05) is 6.92 Å². The van der Waals surface area contributed by atoms with Crippen LogP contribution in [0.2, 0.25) is 5.02 Å². The molecule has 0 saturated heterocycles. The smallest absolute Gasteiger partial charge is 0.387 e. The van der Waals surface area contributed by atoms with Crippen LogP contribution in [0.3, 0.4) is 0 Å². The quantitative estimate of drug-likeness (QED) is 0.631. The van der Waals surface area contributed by atoms with Crippen molar-refractivity contribution < 1.29 is 18.3 Å². The van der Waals surface area contributed by atoms with Gasteiger partial charge < -0.3 is 10.1 Å². The molecule has 2 aromatic carbocycles. The molecule has 28 heavy (non-hydrogen) atoms. The molecule has 0 aliphatic carbocycles. The largest absolute Gasteiger partial charge is 0.434 e. The number of para-hydroxylation sites is 2. The molecule has 146 valence electrons. The predicted molar refractivity (Wildman–Crippen MR) is 99.9 cm³/mol. The van der Waals surface area contributed by atoms with E-state index >= 15 is 0 Å². The summed E-state index contributed by atoms with van der Waals surface area (Å²) in [6.45, 7) is -1.13. The minimum absolute atomic E-state index is 0.0179. The van der Waals surface area contributed by atoms with E-state index in [9.17, 15) is 13.6 Å². The summed E-state index contributed by atoms with van der Waals surface area (Å²) in [6.07, 6.45) is 1.92. The van der Waals surface area contributed by atoms with Gasteiger partial charge in [-0.15, -0.1) is 5.10 Å². The minimum Gasteiger partial charge on any atom is -0.434 e. The molecule has 0 fully saturated rings. The zero-order valence-corrected chi connectivity index (χ0v) is 15.6. The highest BCUT2D eigenvalue weighted by molar-refractivity contribution is 6.32. The fourth-order valence-electron chi connectivity index (χ4n) is 2.73. The van der Waals surface area contributed by atoms with Gasteiger partial charge in [-0.3, -0.25) is 4.79 Å². The Kier molecular flexibility index (Phi) is 6.20. The Hall–Kier alpha value is -3.00. The molecule has 1 atom stereocenters. The molecule has 0 bridgehead atoms. The summed E-state index contributed by atoms with van der Waals surface area (Å²) in [7, 11) is 0. The minimum atomic E-state index is -2.95. The molecule has 1 aromatic heterocycles. The number of alkyl halides is 2. The number of hydrogen-bond acceptors (Lipinski definition) is 4. The van der Waals surface area contributed by atoms with Crippen LogP contribution in [0.4, 0.5) is 8.78 Å². The maximum absolute atomic E-state index is 12.7. The standard InChI is InChI=1S/C19H17ClF2N4O2/c1-2-14(12-7-3-6-10-17(12)28-19(21)22)23-18(27)15-11-26(25-24-15)16-9-5-4-8-13(16)20/h3-11,14,19H,2H2,1H3,(H,23,27). The third kappa shape index (κ3) is 4.45. The number of nitrogens with one attached hydrogen (secondary N) is 1. The molecule has 0 aliphatic rings. The molecule has 1 amide bonds. The molecule has 1 N–H and O–H groups in total. The molecule has 3 rings (SSSR count). The second-order valence-electron chi connectivity index (χ2n) is 5.85. The van der Waals surface area contributed by atoms with Gasteiger partial charge in [-0.1, -0.05) is 54.1 Å². The van der Waals surface area contributed by atoms with Crippen LogP contribution in [0.5, 0.6) is 5.75 Å². The number of carbonyl (C=O) groups is 1. The number of rotatable bonds is 7. The SMILES string of the molecule is CCC(NC(=O)c1cn(-c2ccccc2Cl)nn1)c1ccccc1OC(F)F. The average molecular weight is 407 g/mol. The second kappa shape index (κ2) is 8.79. The van der Waals surface area contributed by atoms with Crippen molar-refractivity contribution in [2.24, 2.45) is 0 Å². The maximum Gasteiger partial charge on any atom is 0.387 e. The zero-order valence-electron chi connectivity index (χ0n) is 14.8. The van der Waals surface area contributed by atoms with Crippen LogP contribution in [0.1, 0.15) is 35.4 Å². The Morgan fingerprint density at radius 1 is 1.21 bits per heavy atom. The van der Waals surface area contributed by atoms with E-state index in [1.165, 1.54) is 16.9 Å². The number of amides is 1. The molecule has 0 saturated carbocycles. The first-order chi connectivity index (χ1) is 13.5. The highest BCUT2D eigenvalue weighted by Crippen LogP contribution is 2.28. The lowest BCUT2D eigenvalue weighted by atomic mass is 10.0. The maximum atomic E-state index is 12.7. The number of ether oxygens (including phenoxy) is 1. The molecule has 9 heteroatoms. The summed E-state index contributed by atoms with van der Waals surface area (Å²) in [5.74, 6) is -0.471. The number of benzene rings is 2. The van der Waals surface area contributed by atoms with Crippen molar-refractivity contribution in [2.45, 2.75) is 26.0 Å². The number of aromatic nitrogens is 3. The van der Waals surface area contributed by atoms with Gasteiger partial charge in [0.1, 0.15) is 5.75 Å². The molecule has 1 heterocycles. The van der Waals surface area contributed by atoms with Gasteiger partial charge in [0.05, 0.1) is 22.9 Å². The van der Waals surface area contributed by atoms with Gasteiger partial charge in [-0.05, 0) is 24.6 Å². The lowest BCUT2D eigenvalue weighted by Gasteiger charge is -2.20. The number of nitrogens with zero attached hydrogens (tertiary/aromatic N) is 3. The van der Waals surface area contributed by atoms with Gasteiger partial charge >= 0.3 is 6.61 Å². The summed E-state index contributed by atoms with van der Waals surface area (Å²) in [6, 6.07) is 12.8. The molecular formula is C19H17ClF2N4O2. The van der Waals surface area contributed by atoms with Crippen LogP contribution in [0.25, 0.3) is 5.69 Å². The molecule has 6 nitrogen and oxygen atoms in total. The zero-order chi connectivity index (χ0) is 20.1. The Morgan fingerprint density at radius 2 is 1.93 bits per heavy atom. The van der Waals surface area contributed by atoms with Crippen molar-refractivity contribution in [3.05, 3.63) is 71.0 Å². The first-order valence-corrected chi connectivity index (χ1v) is 8.89. The van der Waals surface area contributed by atoms with Crippen molar-refractivity contribution >= 4 is 17.5 Å². The topological polar surface area (TPSA) is 69.0 Å². The summed E-state index contributed by atoms with van der Waals surface area (Å²) >= 11 is 6.13. The lowest BCUT2D eigenvalue weighted by Crippen LogP contribution is -2.29. The fraction of sp³-hybridized carbons (Fsp3) is 0.211. The van der Waals surface area contributed by atoms with Gasteiger partial charge in [0.25, 0.3) is 5.91 Å². The van der Waals surface area contributed by atoms with Crippen LogP contribution in [-0.2, 0) is 0 Å². The summed E-state index contributed by atoms with van der Waals surface area (Å²) in [5, 5.41) is 11.0. The fourth-order valence-corrected chi connectivity index (χ4v) is 2.95. The van der Waals surface area contributed by atoms with Crippen LogP contribution in [0.15, 0.2) is 54.7 Å². The van der Waals surface area contributed by atoms with Gasteiger partial charge in [-0.25, -0.2) is 4.68 Å². The van der Waals surface area contributed by atoms with Crippen LogP contribution in [0, 0.1) is 0 Å². The van der Waals surface area contributed by atoms with Crippen molar-refractivity contribution in [2.75, 3.05) is 0 Å². The first-order valence-electron chi connectivity index (χ1n) is 8.51. The van der Waals surface area contributed by atoms with E-state index in [2.05, 4.69) is 20.4 Å². The lowest BCUT2D eigenvalue weighted by molar-refractivity contribution is -0.0506. The Morgan fingerprint density at radius 3 is 2.64 bits per heavy atom.